The number of amides is 1. The van der Waals surface area contributed by atoms with Gasteiger partial charge in [0.25, 0.3) is 0 Å². The molecule has 0 fully saturated rings. The average Bonchev–Trinajstić information content (AvgIpc) is 2.65. The molecule has 0 spiro atoms. The number of nitrogens with two attached hydrogens (primary N) is 1. The molecule has 0 aliphatic carbocycles. The van der Waals surface area contributed by atoms with Gasteiger partial charge in [0.05, 0.1) is 17.4 Å². The maximum atomic E-state index is 11.4. The number of pyridine rings is 1. The molecule has 3 N–H and O–H groups in total. The van der Waals surface area contributed by atoms with E-state index in [1.807, 2.05) is 49.6 Å². The number of rotatable bonds is 5. The Bertz CT molecular complexity index is 588. The quantitative estimate of drug-likeness (QED) is 0.849. The van der Waals surface area contributed by atoms with Crippen molar-refractivity contribution in [2.75, 3.05) is 0 Å². The van der Waals surface area contributed by atoms with E-state index in [4.69, 9.17) is 5.73 Å². The molecule has 1 unspecified atom stereocenters. The Hall–Kier alpha value is -1.88. The molecule has 0 aliphatic heterocycles. The minimum Gasteiger partial charge on any atom is -0.368 e. The van der Waals surface area contributed by atoms with Crippen molar-refractivity contribution < 1.29 is 4.79 Å². The Balaban J connectivity index is 2.22. The van der Waals surface area contributed by atoms with Crippen LogP contribution >= 0.6 is 0 Å². The number of fused-ring (bicyclic) bond motifs is 1. The van der Waals surface area contributed by atoms with Crippen molar-refractivity contribution in [2.45, 2.75) is 33.4 Å². The fourth-order valence-corrected chi connectivity index (χ4v) is 2.25. The van der Waals surface area contributed by atoms with Crippen LogP contribution in [-0.4, -0.2) is 21.3 Å². The molecule has 1 atom stereocenters. The van der Waals surface area contributed by atoms with E-state index in [9.17, 15) is 4.79 Å². The van der Waals surface area contributed by atoms with Gasteiger partial charge in [-0.15, -0.1) is 0 Å². The first-order valence-electron chi connectivity index (χ1n) is 6.46. The number of aryl methyl sites for hydroxylation is 1. The standard InChI is InChI=1S/C14H20N4O/c1-9(2)13(14(15)19)16-8-11-10(3)17-12-6-4-5-7-18(11)12/h4-7,9,13,16H,8H2,1-3H3,(H2,15,19). The number of carbonyl (C=O) groups excluding carboxylic acids is 1. The summed E-state index contributed by atoms with van der Waals surface area (Å²) in [5.74, 6) is -0.154. The Morgan fingerprint density at radius 1 is 1.47 bits per heavy atom. The maximum absolute atomic E-state index is 11.4. The molecule has 2 aromatic rings. The van der Waals surface area contributed by atoms with E-state index in [-0.39, 0.29) is 17.9 Å². The van der Waals surface area contributed by atoms with Gasteiger partial charge >= 0.3 is 0 Å². The topological polar surface area (TPSA) is 72.4 Å². The van der Waals surface area contributed by atoms with E-state index >= 15 is 0 Å². The van der Waals surface area contributed by atoms with Gasteiger partial charge < -0.3 is 10.1 Å². The first-order chi connectivity index (χ1) is 9.00. The van der Waals surface area contributed by atoms with Crippen molar-refractivity contribution in [3.8, 4) is 0 Å². The Morgan fingerprint density at radius 3 is 2.84 bits per heavy atom. The molecule has 0 aliphatic rings. The molecule has 5 heteroatoms. The number of carbonyl (C=O) groups is 1. The first-order valence-corrected chi connectivity index (χ1v) is 6.46. The minimum atomic E-state index is -0.325. The molecule has 102 valence electrons. The summed E-state index contributed by atoms with van der Waals surface area (Å²) in [6.45, 7) is 6.50. The van der Waals surface area contributed by atoms with E-state index < -0.39 is 0 Å². The molecule has 0 radical (unpaired) electrons. The summed E-state index contributed by atoms with van der Waals surface area (Å²) in [5, 5.41) is 3.22. The summed E-state index contributed by atoms with van der Waals surface area (Å²) in [4.78, 5) is 15.9. The molecule has 2 aromatic heterocycles. The summed E-state index contributed by atoms with van der Waals surface area (Å²) in [5.41, 5.74) is 8.34. The van der Waals surface area contributed by atoms with Crippen molar-refractivity contribution >= 4 is 11.6 Å². The lowest BCUT2D eigenvalue weighted by Gasteiger charge is -2.19. The lowest BCUT2D eigenvalue weighted by atomic mass is 10.0. The Morgan fingerprint density at radius 2 is 2.21 bits per heavy atom. The molecule has 0 saturated carbocycles. The molecular formula is C14H20N4O. The van der Waals surface area contributed by atoms with Gasteiger partial charge in [0.15, 0.2) is 0 Å². The third-order valence-electron chi connectivity index (χ3n) is 3.29. The largest absolute Gasteiger partial charge is 0.368 e. The fourth-order valence-electron chi connectivity index (χ4n) is 2.25. The van der Waals surface area contributed by atoms with Crippen LogP contribution in [0, 0.1) is 12.8 Å². The second kappa shape index (κ2) is 5.40. The van der Waals surface area contributed by atoms with Gasteiger partial charge in [-0.3, -0.25) is 10.1 Å². The smallest absolute Gasteiger partial charge is 0.234 e. The van der Waals surface area contributed by atoms with Crippen LogP contribution in [0.15, 0.2) is 24.4 Å². The molecule has 2 heterocycles. The average molecular weight is 260 g/mol. The van der Waals surface area contributed by atoms with Crippen LogP contribution in [0.2, 0.25) is 0 Å². The SMILES string of the molecule is Cc1nc2ccccn2c1CNC(C(N)=O)C(C)C. The van der Waals surface area contributed by atoms with Gasteiger partial charge in [0.2, 0.25) is 5.91 Å². The number of hydrogen-bond acceptors (Lipinski definition) is 3. The third-order valence-corrected chi connectivity index (χ3v) is 3.29. The molecule has 0 bridgehead atoms. The monoisotopic (exact) mass is 260 g/mol. The number of aromatic nitrogens is 2. The summed E-state index contributed by atoms with van der Waals surface area (Å²) >= 11 is 0. The van der Waals surface area contributed by atoms with Crippen LogP contribution in [0.4, 0.5) is 0 Å². The highest BCUT2D eigenvalue weighted by molar-refractivity contribution is 5.80. The number of primary amides is 1. The minimum absolute atomic E-state index is 0.164. The number of nitrogens with one attached hydrogen (secondary N) is 1. The molecule has 2 rings (SSSR count). The van der Waals surface area contributed by atoms with E-state index in [2.05, 4.69) is 10.3 Å². The van der Waals surface area contributed by atoms with Gasteiger partial charge in [-0.05, 0) is 25.0 Å². The molecule has 1 amide bonds. The third kappa shape index (κ3) is 2.76. The van der Waals surface area contributed by atoms with E-state index in [0.29, 0.717) is 6.54 Å². The highest BCUT2D eigenvalue weighted by atomic mass is 16.1. The maximum Gasteiger partial charge on any atom is 0.234 e. The van der Waals surface area contributed by atoms with Crippen molar-refractivity contribution in [2.24, 2.45) is 11.7 Å². The van der Waals surface area contributed by atoms with Crippen molar-refractivity contribution in [1.29, 1.82) is 0 Å². The summed E-state index contributed by atoms with van der Waals surface area (Å²) in [6.07, 6.45) is 1.97. The van der Waals surface area contributed by atoms with Gasteiger partial charge in [0, 0.05) is 12.7 Å². The predicted octanol–water partition coefficient (Wildman–Crippen LogP) is 1.24. The molecular weight excluding hydrogens is 240 g/mol. The van der Waals surface area contributed by atoms with Gasteiger partial charge in [-0.25, -0.2) is 4.98 Å². The zero-order chi connectivity index (χ0) is 14.0. The zero-order valence-corrected chi connectivity index (χ0v) is 11.6. The number of imidazole rings is 1. The fraction of sp³-hybridized carbons (Fsp3) is 0.429. The Labute approximate surface area is 112 Å². The second-order valence-electron chi connectivity index (χ2n) is 5.08. The zero-order valence-electron chi connectivity index (χ0n) is 11.6. The predicted molar refractivity (Wildman–Crippen MR) is 74.6 cm³/mol. The molecule has 0 aromatic carbocycles. The molecule has 5 nitrogen and oxygen atoms in total. The van der Waals surface area contributed by atoms with Crippen LogP contribution in [0.1, 0.15) is 25.2 Å². The molecule has 19 heavy (non-hydrogen) atoms. The number of hydrogen-bond donors (Lipinski definition) is 2. The summed E-state index contributed by atoms with van der Waals surface area (Å²) in [7, 11) is 0. The summed E-state index contributed by atoms with van der Waals surface area (Å²) in [6, 6.07) is 5.56. The van der Waals surface area contributed by atoms with Crippen LogP contribution in [0.5, 0.6) is 0 Å². The van der Waals surface area contributed by atoms with Gasteiger partial charge in [-0.2, -0.15) is 0 Å². The van der Waals surface area contributed by atoms with Crippen LogP contribution in [-0.2, 0) is 11.3 Å². The lowest BCUT2D eigenvalue weighted by Crippen LogP contribution is -2.44. The summed E-state index contributed by atoms with van der Waals surface area (Å²) < 4.78 is 2.03. The van der Waals surface area contributed by atoms with Gasteiger partial charge in [0.1, 0.15) is 5.65 Å². The van der Waals surface area contributed by atoms with Crippen molar-refractivity contribution in [3.05, 3.63) is 35.8 Å². The first kappa shape index (κ1) is 13.5. The number of nitrogens with zero attached hydrogens (tertiary/aromatic N) is 2. The van der Waals surface area contributed by atoms with E-state index in [1.54, 1.807) is 0 Å². The van der Waals surface area contributed by atoms with Crippen LogP contribution in [0.25, 0.3) is 5.65 Å². The van der Waals surface area contributed by atoms with Crippen molar-refractivity contribution in [3.63, 3.8) is 0 Å². The lowest BCUT2D eigenvalue weighted by molar-refractivity contribution is -0.121. The highest BCUT2D eigenvalue weighted by Gasteiger charge is 2.19. The van der Waals surface area contributed by atoms with Crippen molar-refractivity contribution in [1.82, 2.24) is 14.7 Å². The molecule has 0 saturated heterocycles. The van der Waals surface area contributed by atoms with Gasteiger partial charge in [-0.1, -0.05) is 19.9 Å². The normalized spacial score (nSPS) is 13.1. The highest BCUT2D eigenvalue weighted by Crippen LogP contribution is 2.12. The van der Waals surface area contributed by atoms with Crippen LogP contribution in [0.3, 0.4) is 0 Å². The van der Waals surface area contributed by atoms with E-state index in [1.165, 1.54) is 0 Å². The Kier molecular flexibility index (Phi) is 3.85. The second-order valence-corrected chi connectivity index (χ2v) is 5.08. The van der Waals surface area contributed by atoms with E-state index in [0.717, 1.165) is 17.0 Å². The van der Waals surface area contributed by atoms with Crippen LogP contribution < -0.4 is 11.1 Å².